The standard InChI is InChI=1S/C17H32O/c1-3-4-5-6-7-8-9-10-11-12-13-14-15-17(2)16-18/h15-16H,3-14H2,1-2H3/b17-15-. The van der Waals surface area contributed by atoms with Crippen LogP contribution in [0.3, 0.4) is 0 Å². The second kappa shape index (κ2) is 14.5. The molecule has 0 heterocycles. The lowest BCUT2D eigenvalue weighted by molar-refractivity contribution is -0.104. The quantitative estimate of drug-likeness (QED) is 0.229. The summed E-state index contributed by atoms with van der Waals surface area (Å²) >= 11 is 0. The number of hydrogen-bond donors (Lipinski definition) is 0. The van der Waals surface area contributed by atoms with Gasteiger partial charge in [0.25, 0.3) is 0 Å². The van der Waals surface area contributed by atoms with E-state index in [0.29, 0.717) is 0 Å². The molecule has 18 heavy (non-hydrogen) atoms. The van der Waals surface area contributed by atoms with Gasteiger partial charge in [0.2, 0.25) is 0 Å². The lowest BCUT2D eigenvalue weighted by Crippen LogP contribution is -1.82. The molecule has 0 radical (unpaired) electrons. The molecule has 0 amide bonds. The first-order valence-electron chi connectivity index (χ1n) is 7.93. The second-order valence-electron chi connectivity index (χ2n) is 5.39. The second-order valence-corrected chi connectivity index (χ2v) is 5.39. The maximum Gasteiger partial charge on any atom is 0.145 e. The third-order valence-corrected chi connectivity index (χ3v) is 3.46. The molecular weight excluding hydrogens is 220 g/mol. The summed E-state index contributed by atoms with van der Waals surface area (Å²) in [5, 5.41) is 0. The molecule has 0 rings (SSSR count). The van der Waals surface area contributed by atoms with Crippen LogP contribution in [-0.4, -0.2) is 6.29 Å². The predicted octanol–water partition coefficient (Wildman–Crippen LogP) is 5.83. The van der Waals surface area contributed by atoms with Crippen LogP contribution in [0.15, 0.2) is 11.6 Å². The summed E-state index contributed by atoms with van der Waals surface area (Å²) in [6.07, 6.45) is 19.3. The number of unbranched alkanes of at least 4 members (excludes halogenated alkanes) is 11. The van der Waals surface area contributed by atoms with E-state index >= 15 is 0 Å². The Bertz CT molecular complexity index is 206. The van der Waals surface area contributed by atoms with Crippen LogP contribution in [0.1, 0.15) is 90.9 Å². The summed E-state index contributed by atoms with van der Waals surface area (Å²) in [6, 6.07) is 0. The molecule has 1 heteroatoms. The molecule has 0 aliphatic carbocycles. The lowest BCUT2D eigenvalue weighted by atomic mass is 10.0. The normalized spacial score (nSPS) is 11.8. The predicted molar refractivity (Wildman–Crippen MR) is 80.9 cm³/mol. The van der Waals surface area contributed by atoms with Gasteiger partial charge in [0.1, 0.15) is 6.29 Å². The molecule has 0 atom stereocenters. The van der Waals surface area contributed by atoms with Gasteiger partial charge in [-0.1, -0.05) is 77.2 Å². The van der Waals surface area contributed by atoms with Crippen molar-refractivity contribution in [2.45, 2.75) is 90.9 Å². The fourth-order valence-electron chi connectivity index (χ4n) is 2.19. The zero-order valence-electron chi connectivity index (χ0n) is 12.5. The van der Waals surface area contributed by atoms with Crippen LogP contribution >= 0.6 is 0 Å². The number of allylic oxidation sites excluding steroid dienone is 2. The fraction of sp³-hybridized carbons (Fsp3) is 0.824. The van der Waals surface area contributed by atoms with Crippen molar-refractivity contribution in [3.8, 4) is 0 Å². The molecule has 0 saturated heterocycles. The van der Waals surface area contributed by atoms with Gasteiger partial charge in [0.15, 0.2) is 0 Å². The summed E-state index contributed by atoms with van der Waals surface area (Å²) in [5.41, 5.74) is 0.877. The molecule has 0 aliphatic rings. The van der Waals surface area contributed by atoms with Gasteiger partial charge in [-0.2, -0.15) is 0 Å². The fourth-order valence-corrected chi connectivity index (χ4v) is 2.19. The van der Waals surface area contributed by atoms with E-state index in [1.807, 2.05) is 6.92 Å². The minimum Gasteiger partial charge on any atom is -0.298 e. The summed E-state index contributed by atoms with van der Waals surface area (Å²) in [5.74, 6) is 0. The summed E-state index contributed by atoms with van der Waals surface area (Å²) < 4.78 is 0. The van der Waals surface area contributed by atoms with E-state index in [-0.39, 0.29) is 0 Å². The number of rotatable bonds is 13. The number of aldehydes is 1. The molecule has 0 fully saturated rings. The highest BCUT2D eigenvalue weighted by Gasteiger charge is 1.92. The van der Waals surface area contributed by atoms with Crippen molar-refractivity contribution in [1.82, 2.24) is 0 Å². The number of carbonyl (C=O) groups is 1. The smallest absolute Gasteiger partial charge is 0.145 e. The molecule has 0 aromatic heterocycles. The first-order valence-corrected chi connectivity index (χ1v) is 7.93. The highest BCUT2D eigenvalue weighted by atomic mass is 16.1. The van der Waals surface area contributed by atoms with Crippen molar-refractivity contribution in [3.63, 3.8) is 0 Å². The Balaban J connectivity index is 3.05. The highest BCUT2D eigenvalue weighted by molar-refractivity contribution is 5.71. The molecule has 1 nitrogen and oxygen atoms in total. The molecule has 0 unspecified atom stereocenters. The van der Waals surface area contributed by atoms with Crippen LogP contribution in [0, 0.1) is 0 Å². The van der Waals surface area contributed by atoms with E-state index in [1.54, 1.807) is 0 Å². The summed E-state index contributed by atoms with van der Waals surface area (Å²) in [4.78, 5) is 10.4. The molecule has 0 N–H and O–H groups in total. The third kappa shape index (κ3) is 13.5. The molecule has 0 spiro atoms. The molecule has 0 aromatic carbocycles. The Morgan fingerprint density at radius 3 is 1.67 bits per heavy atom. The van der Waals surface area contributed by atoms with Crippen molar-refractivity contribution in [2.24, 2.45) is 0 Å². The number of hydrogen-bond acceptors (Lipinski definition) is 1. The van der Waals surface area contributed by atoms with E-state index in [2.05, 4.69) is 13.0 Å². The molecule has 0 saturated carbocycles. The number of carbonyl (C=O) groups excluding carboxylic acids is 1. The highest BCUT2D eigenvalue weighted by Crippen LogP contribution is 2.12. The SMILES string of the molecule is CCCCCCCCCCCCC/C=C(/C)C=O. The maximum absolute atomic E-state index is 10.4. The summed E-state index contributed by atoms with van der Waals surface area (Å²) in [6.45, 7) is 4.15. The zero-order chi connectivity index (χ0) is 13.5. The molecular formula is C17H32O. The molecule has 106 valence electrons. The van der Waals surface area contributed by atoms with E-state index in [9.17, 15) is 4.79 Å². The van der Waals surface area contributed by atoms with Crippen molar-refractivity contribution in [3.05, 3.63) is 11.6 Å². The average Bonchev–Trinajstić information content (AvgIpc) is 2.39. The molecule has 0 aliphatic heterocycles. The van der Waals surface area contributed by atoms with E-state index < -0.39 is 0 Å². The van der Waals surface area contributed by atoms with Gasteiger partial charge in [-0.15, -0.1) is 0 Å². The van der Waals surface area contributed by atoms with Crippen LogP contribution in [-0.2, 0) is 4.79 Å². The van der Waals surface area contributed by atoms with Crippen molar-refractivity contribution in [2.75, 3.05) is 0 Å². The van der Waals surface area contributed by atoms with Crippen molar-refractivity contribution in [1.29, 1.82) is 0 Å². The Morgan fingerprint density at radius 2 is 1.22 bits per heavy atom. The molecule has 0 bridgehead atoms. The Labute approximate surface area is 114 Å². The molecule has 0 aromatic rings. The van der Waals surface area contributed by atoms with Gasteiger partial charge >= 0.3 is 0 Å². The van der Waals surface area contributed by atoms with Gasteiger partial charge in [0, 0.05) is 0 Å². The van der Waals surface area contributed by atoms with Crippen LogP contribution in [0.25, 0.3) is 0 Å². The van der Waals surface area contributed by atoms with E-state index in [1.165, 1.54) is 70.6 Å². The Morgan fingerprint density at radius 1 is 0.778 bits per heavy atom. The van der Waals surface area contributed by atoms with E-state index in [4.69, 9.17) is 0 Å². The van der Waals surface area contributed by atoms with Crippen LogP contribution < -0.4 is 0 Å². The van der Waals surface area contributed by atoms with Gasteiger partial charge in [-0.3, -0.25) is 4.79 Å². The minimum atomic E-state index is 0.877. The first-order chi connectivity index (χ1) is 8.81. The lowest BCUT2D eigenvalue weighted by Gasteiger charge is -2.01. The van der Waals surface area contributed by atoms with E-state index in [0.717, 1.165) is 18.3 Å². The van der Waals surface area contributed by atoms with Crippen molar-refractivity contribution < 1.29 is 4.79 Å². The topological polar surface area (TPSA) is 17.1 Å². The monoisotopic (exact) mass is 252 g/mol. The average molecular weight is 252 g/mol. The Hall–Kier alpha value is -0.590. The van der Waals surface area contributed by atoms with Crippen LogP contribution in [0.4, 0.5) is 0 Å². The Kier molecular flexibility index (Phi) is 14.0. The van der Waals surface area contributed by atoms with Gasteiger partial charge in [0.05, 0.1) is 0 Å². The summed E-state index contributed by atoms with van der Waals surface area (Å²) in [7, 11) is 0. The van der Waals surface area contributed by atoms with Crippen LogP contribution in [0.5, 0.6) is 0 Å². The maximum atomic E-state index is 10.4. The largest absolute Gasteiger partial charge is 0.298 e. The van der Waals surface area contributed by atoms with Crippen molar-refractivity contribution >= 4 is 6.29 Å². The van der Waals surface area contributed by atoms with Crippen LogP contribution in [0.2, 0.25) is 0 Å². The first kappa shape index (κ1) is 17.4. The zero-order valence-corrected chi connectivity index (χ0v) is 12.5. The van der Waals surface area contributed by atoms with Gasteiger partial charge in [-0.05, 0) is 25.3 Å². The minimum absolute atomic E-state index is 0.877. The van der Waals surface area contributed by atoms with Gasteiger partial charge < -0.3 is 0 Å². The van der Waals surface area contributed by atoms with Gasteiger partial charge in [-0.25, -0.2) is 0 Å². The third-order valence-electron chi connectivity index (χ3n) is 3.46.